The van der Waals surface area contributed by atoms with Crippen molar-refractivity contribution >= 4 is 30.8 Å². The van der Waals surface area contributed by atoms with Gasteiger partial charge in [-0.05, 0) is 12.1 Å². The van der Waals surface area contributed by atoms with Crippen molar-refractivity contribution in [3.63, 3.8) is 0 Å². The molecule has 1 aromatic carbocycles. The van der Waals surface area contributed by atoms with Crippen molar-refractivity contribution in [1.82, 2.24) is 4.98 Å². The Morgan fingerprint density at radius 1 is 1.43 bits per heavy atom. The van der Waals surface area contributed by atoms with Crippen molar-refractivity contribution in [3.8, 4) is 5.75 Å². The van der Waals surface area contributed by atoms with Crippen molar-refractivity contribution in [1.29, 1.82) is 0 Å². The molecule has 0 aliphatic heterocycles. The Kier molecular flexibility index (Phi) is 1.90. The Hall–Kier alpha value is -1.27. The lowest BCUT2D eigenvalue weighted by atomic mass is 10.3. The van der Waals surface area contributed by atoms with Gasteiger partial charge < -0.3 is 9.52 Å². The van der Waals surface area contributed by atoms with Crippen molar-refractivity contribution < 1.29 is 17.9 Å². The van der Waals surface area contributed by atoms with E-state index in [4.69, 9.17) is 15.1 Å². The highest BCUT2D eigenvalue weighted by Crippen LogP contribution is 2.32. The molecule has 0 aliphatic carbocycles. The molecule has 2 aromatic rings. The molecule has 0 amide bonds. The van der Waals surface area contributed by atoms with Crippen LogP contribution in [0.2, 0.25) is 0 Å². The van der Waals surface area contributed by atoms with Gasteiger partial charge in [-0.1, -0.05) is 0 Å². The topological polar surface area (TPSA) is 80.4 Å². The number of aromatic nitrogens is 1. The second-order valence-electron chi connectivity index (χ2n) is 2.55. The van der Waals surface area contributed by atoms with Crippen molar-refractivity contribution in [2.24, 2.45) is 0 Å². The molecule has 1 N–H and O–H groups in total. The van der Waals surface area contributed by atoms with E-state index in [-0.39, 0.29) is 10.4 Å². The predicted molar refractivity (Wildman–Crippen MR) is 48.7 cm³/mol. The highest BCUT2D eigenvalue weighted by Gasteiger charge is 2.19. The molecule has 5 nitrogen and oxygen atoms in total. The number of rotatable bonds is 1. The molecule has 7 heteroatoms. The number of nitrogens with zero attached hydrogens (tertiary/aromatic N) is 1. The van der Waals surface area contributed by atoms with E-state index in [1.54, 1.807) is 0 Å². The summed E-state index contributed by atoms with van der Waals surface area (Å²) in [6, 6.07) is 2.53. The molecule has 1 aromatic heterocycles. The highest BCUT2D eigenvalue weighted by atomic mass is 35.7. The number of halogens is 1. The predicted octanol–water partition coefficient (Wildman–Crippen LogP) is 1.46. The van der Waals surface area contributed by atoms with Crippen LogP contribution in [0.4, 0.5) is 0 Å². The second kappa shape index (κ2) is 2.86. The first kappa shape index (κ1) is 9.29. The molecule has 0 unspecified atom stereocenters. The van der Waals surface area contributed by atoms with Crippen LogP contribution < -0.4 is 0 Å². The number of phenolic OH excluding ortho intramolecular Hbond substituents is 1. The zero-order chi connectivity index (χ0) is 10.3. The molecule has 2 rings (SSSR count). The molecule has 0 bridgehead atoms. The van der Waals surface area contributed by atoms with Crippen LogP contribution in [-0.4, -0.2) is 18.5 Å². The van der Waals surface area contributed by atoms with Crippen LogP contribution in [0.1, 0.15) is 0 Å². The van der Waals surface area contributed by atoms with E-state index in [1.165, 1.54) is 6.07 Å². The van der Waals surface area contributed by atoms with E-state index in [1.807, 2.05) is 0 Å². The number of oxazole rings is 1. The van der Waals surface area contributed by atoms with Gasteiger partial charge in [0.05, 0.1) is 0 Å². The van der Waals surface area contributed by atoms with Crippen molar-refractivity contribution in [3.05, 3.63) is 18.5 Å². The monoisotopic (exact) mass is 233 g/mol. The molecule has 0 saturated carbocycles. The maximum absolute atomic E-state index is 11.0. The summed E-state index contributed by atoms with van der Waals surface area (Å²) >= 11 is 0. The lowest BCUT2D eigenvalue weighted by Crippen LogP contribution is -1.91. The average Bonchev–Trinajstić information content (AvgIpc) is 2.50. The molecule has 0 fully saturated rings. The minimum atomic E-state index is -3.96. The number of benzene rings is 1. The Bertz CT molecular complexity index is 589. The molecule has 0 spiro atoms. The summed E-state index contributed by atoms with van der Waals surface area (Å²) in [5.41, 5.74) is 0.373. The van der Waals surface area contributed by atoms with Gasteiger partial charge in [-0.15, -0.1) is 0 Å². The summed E-state index contributed by atoms with van der Waals surface area (Å²) in [7, 11) is 1.12. The van der Waals surface area contributed by atoms with E-state index in [2.05, 4.69) is 4.98 Å². The minimum Gasteiger partial charge on any atom is -0.504 e. The third-order valence-electron chi connectivity index (χ3n) is 1.70. The Morgan fingerprint density at radius 3 is 2.79 bits per heavy atom. The molecule has 0 aliphatic rings. The standard InChI is InChI=1S/C7H4ClNO4S/c8-14(11,12)5-2-1-4-6(7(5)10)9-3-13-4/h1-3,10H. The summed E-state index contributed by atoms with van der Waals surface area (Å²) in [5, 5.41) is 9.49. The average molecular weight is 234 g/mol. The third-order valence-corrected chi connectivity index (χ3v) is 3.05. The van der Waals surface area contributed by atoms with Gasteiger partial charge in [0.2, 0.25) is 0 Å². The van der Waals surface area contributed by atoms with E-state index in [0.717, 1.165) is 12.5 Å². The van der Waals surface area contributed by atoms with Gasteiger partial charge in [-0.2, -0.15) is 0 Å². The van der Waals surface area contributed by atoms with E-state index in [9.17, 15) is 13.5 Å². The van der Waals surface area contributed by atoms with Crippen LogP contribution in [0.5, 0.6) is 5.75 Å². The largest absolute Gasteiger partial charge is 0.504 e. The smallest absolute Gasteiger partial charge is 0.265 e. The van der Waals surface area contributed by atoms with Crippen LogP contribution in [0, 0.1) is 0 Å². The number of hydrogen-bond donors (Lipinski definition) is 1. The molecule has 0 radical (unpaired) electrons. The summed E-state index contributed by atoms with van der Waals surface area (Å²) in [6.07, 6.45) is 1.11. The van der Waals surface area contributed by atoms with Gasteiger partial charge in [0.15, 0.2) is 23.2 Å². The maximum Gasteiger partial charge on any atom is 0.265 e. The van der Waals surface area contributed by atoms with Crippen LogP contribution >= 0.6 is 10.7 Å². The fourth-order valence-corrected chi connectivity index (χ4v) is 2.03. The first-order valence-electron chi connectivity index (χ1n) is 3.50. The Balaban J connectivity index is 2.88. The molecular formula is C7H4ClNO4S. The summed E-state index contributed by atoms with van der Waals surface area (Å²) in [6.45, 7) is 0. The van der Waals surface area contributed by atoms with Crippen LogP contribution in [-0.2, 0) is 9.05 Å². The first-order chi connectivity index (χ1) is 6.50. The number of fused-ring (bicyclic) bond motifs is 1. The number of aromatic hydroxyl groups is 1. The van der Waals surface area contributed by atoms with E-state index < -0.39 is 14.8 Å². The summed E-state index contributed by atoms with van der Waals surface area (Å²) < 4.78 is 26.8. The molecule has 1 heterocycles. The molecule has 74 valence electrons. The summed E-state index contributed by atoms with van der Waals surface area (Å²) in [4.78, 5) is 3.28. The van der Waals surface area contributed by atoms with Gasteiger partial charge in [0.1, 0.15) is 4.90 Å². The zero-order valence-electron chi connectivity index (χ0n) is 6.64. The lowest BCUT2D eigenvalue weighted by molar-refractivity contribution is 0.465. The fourth-order valence-electron chi connectivity index (χ4n) is 1.10. The third kappa shape index (κ3) is 1.32. The van der Waals surface area contributed by atoms with Crippen molar-refractivity contribution in [2.75, 3.05) is 0 Å². The van der Waals surface area contributed by atoms with Crippen LogP contribution in [0.25, 0.3) is 11.1 Å². The SMILES string of the molecule is O=S(=O)(Cl)c1ccc2ocnc2c1O. The molecule has 0 atom stereocenters. The summed E-state index contributed by atoms with van der Waals surface area (Å²) in [5.74, 6) is -0.494. The second-order valence-corrected chi connectivity index (χ2v) is 5.08. The van der Waals surface area contributed by atoms with Gasteiger partial charge >= 0.3 is 0 Å². The van der Waals surface area contributed by atoms with Crippen molar-refractivity contribution in [2.45, 2.75) is 4.90 Å². The molecular weight excluding hydrogens is 230 g/mol. The molecule has 14 heavy (non-hydrogen) atoms. The lowest BCUT2D eigenvalue weighted by Gasteiger charge is -1.99. The van der Waals surface area contributed by atoms with E-state index in [0.29, 0.717) is 5.58 Å². The maximum atomic E-state index is 11.0. The highest BCUT2D eigenvalue weighted by molar-refractivity contribution is 8.13. The minimum absolute atomic E-state index is 0.0757. The van der Waals surface area contributed by atoms with Gasteiger partial charge in [-0.3, -0.25) is 0 Å². The number of hydrogen-bond acceptors (Lipinski definition) is 5. The van der Waals surface area contributed by atoms with Gasteiger partial charge in [-0.25, -0.2) is 13.4 Å². The Labute approximate surface area is 83.4 Å². The Morgan fingerprint density at radius 2 is 2.14 bits per heavy atom. The molecule has 0 saturated heterocycles. The van der Waals surface area contributed by atoms with Crippen LogP contribution in [0.3, 0.4) is 0 Å². The van der Waals surface area contributed by atoms with Gasteiger partial charge in [0.25, 0.3) is 9.05 Å². The fraction of sp³-hybridized carbons (Fsp3) is 0. The van der Waals surface area contributed by atoms with E-state index >= 15 is 0 Å². The normalized spacial score (nSPS) is 12.1. The van der Waals surface area contributed by atoms with Crippen LogP contribution in [0.15, 0.2) is 27.8 Å². The number of phenols is 1. The first-order valence-corrected chi connectivity index (χ1v) is 5.81. The van der Waals surface area contributed by atoms with Gasteiger partial charge in [0, 0.05) is 10.7 Å². The quantitative estimate of drug-likeness (QED) is 0.755. The zero-order valence-corrected chi connectivity index (χ0v) is 8.21.